The van der Waals surface area contributed by atoms with Crippen LogP contribution in [0.25, 0.3) is 0 Å². The van der Waals surface area contributed by atoms with Crippen molar-refractivity contribution in [1.29, 1.82) is 0 Å². The van der Waals surface area contributed by atoms with Crippen LogP contribution >= 0.6 is 7.82 Å². The molecular formula is C8H8F3O4P. The van der Waals surface area contributed by atoms with Gasteiger partial charge in [-0.15, -0.1) is 0 Å². The summed E-state index contributed by atoms with van der Waals surface area (Å²) in [7, 11) is -4.67. The molecule has 0 bridgehead atoms. The van der Waals surface area contributed by atoms with E-state index in [1.807, 2.05) is 0 Å². The lowest BCUT2D eigenvalue weighted by atomic mass is 10.1. The Bertz CT molecular complexity index is 412. The molecule has 2 N–H and O–H groups in total. The number of rotatable bonds is 3. The van der Waals surface area contributed by atoms with Crippen LogP contribution in [0.1, 0.15) is 11.1 Å². The van der Waals surface area contributed by atoms with Crippen molar-refractivity contribution in [3.8, 4) is 0 Å². The summed E-state index contributed by atoms with van der Waals surface area (Å²) in [6.07, 6.45) is -4.49. The maximum Gasteiger partial charge on any atom is 0.469 e. The van der Waals surface area contributed by atoms with Crippen molar-refractivity contribution in [3.05, 3.63) is 35.4 Å². The summed E-state index contributed by atoms with van der Waals surface area (Å²) < 4.78 is 51.2. The molecule has 0 aromatic heterocycles. The minimum atomic E-state index is -4.67. The van der Waals surface area contributed by atoms with Crippen molar-refractivity contribution < 1.29 is 32.0 Å². The van der Waals surface area contributed by atoms with Gasteiger partial charge in [-0.1, -0.05) is 12.1 Å². The largest absolute Gasteiger partial charge is 0.469 e. The Kier molecular flexibility index (Phi) is 3.75. The van der Waals surface area contributed by atoms with Crippen LogP contribution in [0.5, 0.6) is 0 Å². The molecule has 0 heterocycles. The molecule has 4 nitrogen and oxygen atoms in total. The molecule has 16 heavy (non-hydrogen) atoms. The van der Waals surface area contributed by atoms with Gasteiger partial charge in [-0.05, 0) is 17.7 Å². The van der Waals surface area contributed by atoms with Crippen LogP contribution in [0.3, 0.4) is 0 Å². The van der Waals surface area contributed by atoms with Crippen LogP contribution in [0.15, 0.2) is 24.3 Å². The second-order valence-corrected chi connectivity index (χ2v) is 4.20. The quantitative estimate of drug-likeness (QED) is 0.814. The van der Waals surface area contributed by atoms with E-state index in [0.717, 1.165) is 18.2 Å². The molecule has 0 saturated heterocycles. The summed E-state index contributed by atoms with van der Waals surface area (Å²) in [5.74, 6) is 0. The molecule has 0 aliphatic carbocycles. The normalized spacial score (nSPS) is 12.8. The lowest BCUT2D eigenvalue weighted by molar-refractivity contribution is -0.137. The van der Waals surface area contributed by atoms with E-state index >= 15 is 0 Å². The standard InChI is InChI=1S/C8H8F3O4P/c9-8(10,11)7-3-1-2-6(4-7)5-15-16(12,13)14/h1-4H,5H2,(H2,12,13,14). The van der Waals surface area contributed by atoms with Crippen molar-refractivity contribution in [2.24, 2.45) is 0 Å². The molecule has 0 aliphatic heterocycles. The van der Waals surface area contributed by atoms with Crippen molar-refractivity contribution in [3.63, 3.8) is 0 Å². The number of phosphoric acid groups is 1. The van der Waals surface area contributed by atoms with Gasteiger partial charge in [-0.25, -0.2) is 4.57 Å². The van der Waals surface area contributed by atoms with E-state index in [0.29, 0.717) is 0 Å². The molecule has 0 aliphatic rings. The highest BCUT2D eigenvalue weighted by Crippen LogP contribution is 2.37. The Morgan fingerprint density at radius 1 is 1.31 bits per heavy atom. The zero-order valence-corrected chi connectivity index (χ0v) is 8.70. The first kappa shape index (κ1) is 13.2. The Hall–Kier alpha value is -0.880. The zero-order valence-electron chi connectivity index (χ0n) is 7.81. The fourth-order valence-corrected chi connectivity index (χ4v) is 1.31. The van der Waals surface area contributed by atoms with E-state index in [1.54, 1.807) is 0 Å². The van der Waals surface area contributed by atoms with E-state index in [2.05, 4.69) is 4.52 Å². The molecule has 1 aromatic rings. The van der Waals surface area contributed by atoms with Gasteiger partial charge in [0.15, 0.2) is 0 Å². The fraction of sp³-hybridized carbons (Fsp3) is 0.250. The Morgan fingerprint density at radius 2 is 1.94 bits per heavy atom. The van der Waals surface area contributed by atoms with Crippen LogP contribution in [-0.4, -0.2) is 9.79 Å². The van der Waals surface area contributed by atoms with Crippen LogP contribution in [0.4, 0.5) is 13.2 Å². The summed E-state index contributed by atoms with van der Waals surface area (Å²) in [6, 6.07) is 4.06. The van der Waals surface area contributed by atoms with Crippen LogP contribution in [0, 0.1) is 0 Å². The second-order valence-electron chi connectivity index (χ2n) is 2.96. The van der Waals surface area contributed by atoms with E-state index in [9.17, 15) is 17.7 Å². The molecule has 0 spiro atoms. The predicted octanol–water partition coefficient (Wildman–Crippen LogP) is 2.31. The summed E-state index contributed by atoms with van der Waals surface area (Å²) >= 11 is 0. The van der Waals surface area contributed by atoms with Crippen molar-refractivity contribution in [1.82, 2.24) is 0 Å². The molecule has 0 unspecified atom stereocenters. The fourth-order valence-electron chi connectivity index (χ4n) is 0.996. The molecule has 0 amide bonds. The highest BCUT2D eigenvalue weighted by atomic mass is 31.2. The third kappa shape index (κ3) is 4.32. The Balaban J connectivity index is 2.80. The molecule has 0 radical (unpaired) electrons. The van der Waals surface area contributed by atoms with Gasteiger partial charge in [0.1, 0.15) is 0 Å². The minimum absolute atomic E-state index is 0.0400. The van der Waals surface area contributed by atoms with Gasteiger partial charge in [0.2, 0.25) is 0 Å². The van der Waals surface area contributed by atoms with Crippen LogP contribution < -0.4 is 0 Å². The lowest BCUT2D eigenvalue weighted by Crippen LogP contribution is -2.05. The van der Waals surface area contributed by atoms with Gasteiger partial charge >= 0.3 is 14.0 Å². The number of hydrogen-bond donors (Lipinski definition) is 2. The molecule has 90 valence electrons. The monoisotopic (exact) mass is 256 g/mol. The first-order valence-electron chi connectivity index (χ1n) is 4.05. The highest BCUT2D eigenvalue weighted by molar-refractivity contribution is 7.46. The van der Waals surface area contributed by atoms with Crippen LogP contribution in [0.2, 0.25) is 0 Å². The van der Waals surface area contributed by atoms with Gasteiger partial charge in [-0.3, -0.25) is 4.52 Å². The average molecular weight is 256 g/mol. The smallest absolute Gasteiger partial charge is 0.303 e. The average Bonchev–Trinajstić information content (AvgIpc) is 2.13. The molecular weight excluding hydrogens is 248 g/mol. The number of benzene rings is 1. The molecule has 1 aromatic carbocycles. The van der Waals surface area contributed by atoms with Gasteiger partial charge < -0.3 is 9.79 Å². The van der Waals surface area contributed by atoms with Gasteiger partial charge in [0.25, 0.3) is 0 Å². The Labute approximate surface area is 88.9 Å². The van der Waals surface area contributed by atoms with E-state index in [4.69, 9.17) is 9.79 Å². The maximum atomic E-state index is 12.2. The predicted molar refractivity (Wildman–Crippen MR) is 48.3 cm³/mol. The van der Waals surface area contributed by atoms with Crippen molar-refractivity contribution >= 4 is 7.82 Å². The van der Waals surface area contributed by atoms with Crippen LogP contribution in [-0.2, 0) is 21.9 Å². The molecule has 0 atom stereocenters. The lowest BCUT2D eigenvalue weighted by Gasteiger charge is -2.09. The molecule has 0 saturated carbocycles. The zero-order chi connectivity index (χ0) is 12.4. The van der Waals surface area contributed by atoms with E-state index < -0.39 is 26.2 Å². The van der Waals surface area contributed by atoms with Crippen molar-refractivity contribution in [2.75, 3.05) is 0 Å². The summed E-state index contributed by atoms with van der Waals surface area (Å²) in [4.78, 5) is 16.7. The highest BCUT2D eigenvalue weighted by Gasteiger charge is 2.30. The topological polar surface area (TPSA) is 66.8 Å². The first-order valence-corrected chi connectivity index (χ1v) is 5.58. The Morgan fingerprint density at radius 3 is 2.44 bits per heavy atom. The molecule has 1 rings (SSSR count). The SMILES string of the molecule is O=P(O)(O)OCc1cccc(C(F)(F)F)c1. The number of phosphoric ester groups is 1. The maximum absolute atomic E-state index is 12.2. The molecule has 8 heteroatoms. The number of alkyl halides is 3. The van der Waals surface area contributed by atoms with E-state index in [-0.39, 0.29) is 5.56 Å². The van der Waals surface area contributed by atoms with Gasteiger partial charge in [0.05, 0.1) is 12.2 Å². The van der Waals surface area contributed by atoms with Gasteiger partial charge in [0, 0.05) is 0 Å². The molecule has 0 fully saturated rings. The third-order valence-electron chi connectivity index (χ3n) is 1.65. The second kappa shape index (κ2) is 4.55. The van der Waals surface area contributed by atoms with E-state index in [1.165, 1.54) is 6.07 Å². The van der Waals surface area contributed by atoms with Crippen molar-refractivity contribution in [2.45, 2.75) is 12.8 Å². The number of hydrogen-bond acceptors (Lipinski definition) is 2. The summed E-state index contributed by atoms with van der Waals surface area (Å²) in [5.41, 5.74) is -0.850. The summed E-state index contributed by atoms with van der Waals surface area (Å²) in [5, 5.41) is 0. The minimum Gasteiger partial charge on any atom is -0.303 e. The third-order valence-corrected chi connectivity index (χ3v) is 2.12. The van der Waals surface area contributed by atoms with Gasteiger partial charge in [-0.2, -0.15) is 13.2 Å². The number of halogens is 3. The summed E-state index contributed by atoms with van der Waals surface area (Å²) in [6.45, 7) is -0.575. The first-order chi connectivity index (χ1) is 7.18.